The number of nitrogens with zero attached hydrogens (tertiary/aromatic N) is 3. The smallest absolute Gasteiger partial charge is 0.267 e. The van der Waals surface area contributed by atoms with E-state index < -0.39 is 57.3 Å². The van der Waals surface area contributed by atoms with Crippen LogP contribution in [-0.4, -0.2) is 45.0 Å². The largest absolute Gasteiger partial charge is 0.480 e. The number of nitrogens with one attached hydrogen (secondary N) is 1. The number of benzene rings is 2. The van der Waals surface area contributed by atoms with Gasteiger partial charge >= 0.3 is 0 Å². The van der Waals surface area contributed by atoms with Gasteiger partial charge < -0.3 is 15.2 Å². The molecule has 0 aliphatic heterocycles. The number of pyridine rings is 1. The van der Waals surface area contributed by atoms with E-state index in [4.69, 9.17) is 26.8 Å². The average molecular weight is 614 g/mol. The van der Waals surface area contributed by atoms with Gasteiger partial charge in [0.15, 0.2) is 22.3 Å². The van der Waals surface area contributed by atoms with Gasteiger partial charge in [-0.15, -0.1) is 0 Å². The Bertz CT molecular complexity index is 1700. The van der Waals surface area contributed by atoms with Crippen LogP contribution in [0.15, 0.2) is 41.4 Å². The lowest BCUT2D eigenvalue weighted by molar-refractivity contribution is 0.0815. The molecule has 0 aliphatic carbocycles. The summed E-state index contributed by atoms with van der Waals surface area (Å²) in [6.45, 7) is 6.85. The number of nitrogen functional groups attached to an aromatic ring is 1. The van der Waals surface area contributed by atoms with Crippen LogP contribution in [0.1, 0.15) is 0 Å². The Morgan fingerprint density at radius 2 is 1.85 bits per heavy atom. The van der Waals surface area contributed by atoms with Gasteiger partial charge in [-0.05, 0) is 30.3 Å². The quantitative estimate of drug-likeness (QED) is 0.169. The first-order valence-electron chi connectivity index (χ1n) is 12.0. The molecule has 3 N–H and O–H groups in total. The number of ether oxygens (including phenoxy) is 2. The van der Waals surface area contributed by atoms with Gasteiger partial charge in [0.05, 0.1) is 23.4 Å². The van der Waals surface area contributed by atoms with Gasteiger partial charge in [-0.3, -0.25) is 4.72 Å². The van der Waals surface area contributed by atoms with E-state index in [0.29, 0.717) is 6.61 Å². The third-order valence-corrected chi connectivity index (χ3v) is 9.23. The molecule has 0 amide bonds. The van der Waals surface area contributed by atoms with E-state index in [9.17, 15) is 12.8 Å². The molecule has 0 bridgehead atoms. The van der Waals surface area contributed by atoms with E-state index >= 15 is 8.78 Å². The number of aromatic nitrogens is 3. The van der Waals surface area contributed by atoms with E-state index in [1.54, 1.807) is 0 Å². The molecule has 2 aromatic heterocycles. The van der Waals surface area contributed by atoms with Gasteiger partial charge in [0.25, 0.3) is 10.0 Å². The molecule has 9 nitrogen and oxygen atoms in total. The fourth-order valence-electron chi connectivity index (χ4n) is 3.91. The van der Waals surface area contributed by atoms with Crippen molar-refractivity contribution in [2.24, 2.45) is 0 Å². The molecule has 0 spiro atoms. The number of hydrogen-bond donors (Lipinski definition) is 2. The van der Waals surface area contributed by atoms with Crippen molar-refractivity contribution in [3.63, 3.8) is 0 Å². The minimum Gasteiger partial charge on any atom is -0.480 e. The normalized spacial score (nSPS) is 12.2. The molecule has 0 radical (unpaired) electrons. The lowest BCUT2D eigenvalue weighted by Crippen LogP contribution is -2.22. The summed E-state index contributed by atoms with van der Waals surface area (Å²) >= 11 is 5.88. The molecule has 2 aromatic carbocycles. The fourth-order valence-corrected chi connectivity index (χ4v) is 6.09. The molecular weight excluding hydrogens is 587 g/mol. The number of anilines is 2. The van der Waals surface area contributed by atoms with E-state index in [0.717, 1.165) is 30.3 Å². The molecule has 214 valence electrons. The Morgan fingerprint density at radius 3 is 2.52 bits per heavy atom. The van der Waals surface area contributed by atoms with E-state index in [1.807, 2.05) is 4.72 Å². The first-order chi connectivity index (χ1) is 18.7. The maximum absolute atomic E-state index is 15.9. The lowest BCUT2D eigenvalue weighted by atomic mass is 10.0. The van der Waals surface area contributed by atoms with Crippen molar-refractivity contribution in [2.75, 3.05) is 24.2 Å². The van der Waals surface area contributed by atoms with Gasteiger partial charge in [0.2, 0.25) is 5.88 Å². The van der Waals surface area contributed by atoms with Crippen LogP contribution in [0.4, 0.5) is 24.7 Å². The van der Waals surface area contributed by atoms with Crippen LogP contribution < -0.4 is 15.2 Å². The Hall–Kier alpha value is -3.33. The van der Waals surface area contributed by atoms with Crippen molar-refractivity contribution in [1.82, 2.24) is 14.8 Å². The van der Waals surface area contributed by atoms with Crippen molar-refractivity contribution in [3.05, 3.63) is 59.0 Å². The third kappa shape index (κ3) is 6.04. The Morgan fingerprint density at radius 1 is 1.12 bits per heavy atom. The molecule has 0 aliphatic rings. The topological polar surface area (TPSA) is 121 Å². The summed E-state index contributed by atoms with van der Waals surface area (Å²) in [5, 5.41) is 4.33. The van der Waals surface area contributed by atoms with Crippen LogP contribution in [-0.2, 0) is 21.5 Å². The summed E-state index contributed by atoms with van der Waals surface area (Å²) in [4.78, 5) is 3.31. The molecule has 0 saturated heterocycles. The van der Waals surface area contributed by atoms with Gasteiger partial charge in [0, 0.05) is 31.8 Å². The van der Waals surface area contributed by atoms with Crippen LogP contribution in [0.25, 0.3) is 22.0 Å². The van der Waals surface area contributed by atoms with Crippen LogP contribution in [0, 0.1) is 17.5 Å². The molecule has 15 heteroatoms. The highest BCUT2D eigenvalue weighted by molar-refractivity contribution is 7.92. The molecule has 0 fully saturated rings. The number of halogens is 4. The van der Waals surface area contributed by atoms with Crippen molar-refractivity contribution in [3.8, 4) is 17.0 Å². The number of hydrogen-bond acceptors (Lipinski definition) is 7. The summed E-state index contributed by atoms with van der Waals surface area (Å²) in [5.74, 6) is -3.75. The molecule has 0 atom stereocenters. The van der Waals surface area contributed by atoms with Gasteiger partial charge in [-0.25, -0.2) is 31.3 Å². The first kappa shape index (κ1) is 29.6. The SMILES string of the molecule is COc1ncc(Cl)cc1S(=O)(=O)Nc1ccc(F)c(-c2ccc3c(N)nn(COCC[Si](C)(C)C)c3c2F)c1F. The maximum Gasteiger partial charge on any atom is 0.267 e. The monoisotopic (exact) mass is 613 g/mol. The van der Waals surface area contributed by atoms with E-state index in [2.05, 4.69) is 29.7 Å². The fraction of sp³-hybridized carbons (Fsp3) is 0.280. The number of nitrogens with two attached hydrogens (primary N) is 1. The van der Waals surface area contributed by atoms with Crippen LogP contribution in [0.2, 0.25) is 30.7 Å². The van der Waals surface area contributed by atoms with Crippen molar-refractivity contribution in [2.45, 2.75) is 37.3 Å². The number of rotatable bonds is 10. The highest BCUT2D eigenvalue weighted by atomic mass is 35.5. The molecule has 4 aromatic rings. The zero-order chi connectivity index (χ0) is 29.4. The molecule has 40 heavy (non-hydrogen) atoms. The number of sulfonamides is 1. The first-order valence-corrected chi connectivity index (χ1v) is 17.5. The Labute approximate surface area is 235 Å². The van der Waals surface area contributed by atoms with Gasteiger partial charge in [0.1, 0.15) is 18.1 Å². The van der Waals surface area contributed by atoms with Gasteiger partial charge in [-0.1, -0.05) is 37.3 Å². The maximum atomic E-state index is 15.9. The summed E-state index contributed by atoms with van der Waals surface area (Å²) in [6, 6.07) is 6.15. The summed E-state index contributed by atoms with van der Waals surface area (Å²) in [6.07, 6.45) is 1.17. The highest BCUT2D eigenvalue weighted by Crippen LogP contribution is 2.37. The molecule has 0 saturated carbocycles. The van der Waals surface area contributed by atoms with E-state index in [-0.39, 0.29) is 34.4 Å². The lowest BCUT2D eigenvalue weighted by Gasteiger charge is -2.16. The zero-order valence-corrected chi connectivity index (χ0v) is 24.6. The standard InChI is InChI=1S/C25H27ClF3N5O4SSi/c1-37-25-19(11-14(26)12-31-25)39(35,36)33-18-8-7-17(27)20(22(18)29)15-5-6-16-23(21(15)28)34(32-24(16)30)13-38-9-10-40(2,3)4/h5-8,11-12,33H,9-10,13H2,1-4H3,(H2,30,32). The Kier molecular flexibility index (Phi) is 8.35. The molecule has 2 heterocycles. The minimum atomic E-state index is -4.51. The predicted octanol–water partition coefficient (Wildman–Crippen LogP) is 5.87. The van der Waals surface area contributed by atoms with E-state index in [1.165, 1.54) is 24.1 Å². The van der Waals surface area contributed by atoms with Crippen LogP contribution in [0.5, 0.6) is 5.88 Å². The predicted molar refractivity (Wildman–Crippen MR) is 150 cm³/mol. The van der Waals surface area contributed by atoms with Gasteiger partial charge in [-0.2, -0.15) is 5.10 Å². The second kappa shape index (κ2) is 11.3. The summed E-state index contributed by atoms with van der Waals surface area (Å²) in [5.41, 5.74) is 3.95. The minimum absolute atomic E-state index is 0.0146. The van der Waals surface area contributed by atoms with Crippen molar-refractivity contribution in [1.29, 1.82) is 0 Å². The second-order valence-electron chi connectivity index (χ2n) is 10.1. The van der Waals surface area contributed by atoms with Crippen molar-refractivity contribution < 1.29 is 31.1 Å². The highest BCUT2D eigenvalue weighted by Gasteiger charge is 2.27. The zero-order valence-electron chi connectivity index (χ0n) is 22.1. The number of fused-ring (bicyclic) bond motifs is 1. The molecule has 0 unspecified atom stereocenters. The van der Waals surface area contributed by atoms with Crippen LogP contribution in [0.3, 0.4) is 0 Å². The third-order valence-electron chi connectivity index (χ3n) is 5.96. The summed E-state index contributed by atoms with van der Waals surface area (Å²) in [7, 11) is -4.69. The van der Waals surface area contributed by atoms with Crippen molar-refractivity contribution >= 4 is 52.1 Å². The molecule has 4 rings (SSSR count). The summed E-state index contributed by atoms with van der Waals surface area (Å²) < 4.78 is 86.5. The molecular formula is C25H27ClF3N5O4SSi. The van der Waals surface area contributed by atoms with Crippen LogP contribution >= 0.6 is 11.6 Å². The second-order valence-corrected chi connectivity index (χ2v) is 17.8. The number of methoxy groups -OCH3 is 1. The Balaban J connectivity index is 1.75. The average Bonchev–Trinajstić information content (AvgIpc) is 3.20.